The van der Waals surface area contributed by atoms with Crippen LogP contribution in [0, 0.1) is 0 Å². The maximum absolute atomic E-state index is 14.2. The second-order valence-corrected chi connectivity index (χ2v) is 11.5. The van der Waals surface area contributed by atoms with Gasteiger partial charge in [0.2, 0.25) is 11.7 Å². The highest BCUT2D eigenvalue weighted by Crippen LogP contribution is 2.54. The van der Waals surface area contributed by atoms with E-state index >= 15 is 0 Å². The van der Waals surface area contributed by atoms with Gasteiger partial charge in [-0.15, -0.1) is 22.0 Å². The van der Waals surface area contributed by atoms with Crippen molar-refractivity contribution in [2.45, 2.75) is 35.9 Å². The van der Waals surface area contributed by atoms with Crippen molar-refractivity contribution < 1.29 is 37.3 Å². The van der Waals surface area contributed by atoms with E-state index in [4.69, 9.17) is 26.2 Å². The lowest BCUT2D eigenvalue weighted by Gasteiger charge is -2.24. The number of aryl methyl sites for hydroxylation is 1. The van der Waals surface area contributed by atoms with Crippen molar-refractivity contribution in [3.63, 3.8) is 0 Å². The molecule has 4 aromatic rings. The number of thioether (sulfide) groups is 1. The fraction of sp³-hybridized carbons (Fsp3) is 0.276. The summed E-state index contributed by atoms with van der Waals surface area (Å²) in [7, 11) is 2.94. The lowest BCUT2D eigenvalue weighted by atomic mass is 10.0. The van der Waals surface area contributed by atoms with E-state index < -0.39 is 34.4 Å². The Bertz CT molecular complexity index is 1700. The number of carboxylic acids is 1. The molecule has 230 valence electrons. The number of pyridine rings is 1. The topological polar surface area (TPSA) is 128 Å². The molecule has 2 aromatic heterocycles. The average molecular weight is 648 g/mol. The number of ether oxygens (including phenoxy) is 2. The Balaban J connectivity index is 1.56. The van der Waals surface area contributed by atoms with Crippen LogP contribution in [-0.2, 0) is 22.2 Å². The Morgan fingerprint density at radius 3 is 2.55 bits per heavy atom. The van der Waals surface area contributed by atoms with Gasteiger partial charge >= 0.3 is 12.1 Å². The molecule has 2 N–H and O–H groups in total. The number of benzene rings is 2. The minimum Gasteiger partial charge on any atom is -0.493 e. The van der Waals surface area contributed by atoms with Crippen LogP contribution in [0.3, 0.4) is 0 Å². The molecule has 15 heteroatoms. The number of nitrogens with one attached hydrogen (secondary N) is 1. The number of para-hydroxylation sites is 1. The maximum Gasteiger partial charge on any atom is 0.452 e. The molecule has 2 aromatic carbocycles. The van der Waals surface area contributed by atoms with Crippen molar-refractivity contribution in [1.29, 1.82) is 0 Å². The van der Waals surface area contributed by atoms with E-state index in [1.165, 1.54) is 50.4 Å². The van der Waals surface area contributed by atoms with Crippen molar-refractivity contribution in [1.82, 2.24) is 19.7 Å². The Morgan fingerprint density at radius 2 is 1.89 bits per heavy atom. The molecule has 3 heterocycles. The Labute approximate surface area is 258 Å². The number of alkyl halides is 3. The van der Waals surface area contributed by atoms with Gasteiger partial charge < -0.3 is 19.9 Å². The molecule has 2 atom stereocenters. The SMILES string of the molecule is COc1cccc([C@H]2S[C@H](CC(=O)Nc3ccc(CCC(=O)O)cn3)c3nnc(C(F)(F)F)n3-c3ccc(Cl)cc32)c1OC. The molecule has 0 bridgehead atoms. The second-order valence-electron chi connectivity index (χ2n) is 9.70. The molecule has 0 saturated heterocycles. The summed E-state index contributed by atoms with van der Waals surface area (Å²) in [6.07, 6.45) is -3.48. The van der Waals surface area contributed by atoms with Crippen LogP contribution in [0.25, 0.3) is 5.69 Å². The Morgan fingerprint density at radius 1 is 1.09 bits per heavy atom. The number of hydrogen-bond acceptors (Lipinski definition) is 8. The minimum atomic E-state index is -4.85. The maximum atomic E-state index is 14.2. The Kier molecular flexibility index (Phi) is 9.02. The van der Waals surface area contributed by atoms with Gasteiger partial charge in [0, 0.05) is 29.6 Å². The molecule has 0 fully saturated rings. The van der Waals surface area contributed by atoms with E-state index in [1.807, 2.05) is 0 Å². The van der Waals surface area contributed by atoms with Crippen LogP contribution in [0.2, 0.25) is 5.02 Å². The van der Waals surface area contributed by atoms with Crippen LogP contribution in [0.5, 0.6) is 11.5 Å². The molecule has 1 aliphatic rings. The number of fused-ring (bicyclic) bond motifs is 3. The monoisotopic (exact) mass is 647 g/mol. The highest BCUT2D eigenvalue weighted by atomic mass is 35.5. The van der Waals surface area contributed by atoms with E-state index in [0.717, 1.165) is 4.57 Å². The average Bonchev–Trinajstić information content (AvgIpc) is 3.39. The first-order chi connectivity index (χ1) is 21.0. The summed E-state index contributed by atoms with van der Waals surface area (Å²) in [5.74, 6) is -1.79. The standard InChI is InChI=1S/C29H25ClF3N5O5S/c1-42-20-5-3-4-17(25(20)43-2)26-18-12-16(30)8-9-19(18)38-27(36-37-28(38)29(31,32)33)21(44-26)13-23(39)35-22-10-6-15(14-34-22)7-11-24(40)41/h3-6,8-10,12,14,21,26H,7,11,13H2,1-2H3,(H,40,41)(H,34,35,39)/t21-,26-/m1/s1. The van der Waals surface area contributed by atoms with Gasteiger partial charge in [0.1, 0.15) is 5.82 Å². The number of amides is 1. The number of rotatable bonds is 9. The first-order valence-electron chi connectivity index (χ1n) is 13.2. The minimum absolute atomic E-state index is 0.0672. The van der Waals surface area contributed by atoms with Crippen molar-refractivity contribution in [2.24, 2.45) is 0 Å². The van der Waals surface area contributed by atoms with Crippen LogP contribution in [-0.4, -0.2) is 51.0 Å². The molecule has 5 rings (SSSR count). The molecule has 1 aliphatic heterocycles. The summed E-state index contributed by atoms with van der Waals surface area (Å²) >= 11 is 7.58. The number of carboxylic acid groups (broad SMARTS) is 1. The van der Waals surface area contributed by atoms with E-state index in [0.29, 0.717) is 33.2 Å². The van der Waals surface area contributed by atoms with Gasteiger partial charge in [-0.25, -0.2) is 4.98 Å². The lowest BCUT2D eigenvalue weighted by molar-refractivity contribution is -0.146. The number of aromatic nitrogens is 4. The number of anilines is 1. The number of aliphatic carboxylic acids is 1. The van der Waals surface area contributed by atoms with Crippen molar-refractivity contribution in [3.8, 4) is 17.2 Å². The summed E-state index contributed by atoms with van der Waals surface area (Å²) in [5, 5.41) is 17.7. The first kappa shape index (κ1) is 31.1. The molecule has 0 unspecified atom stereocenters. The summed E-state index contributed by atoms with van der Waals surface area (Å²) in [6, 6.07) is 12.9. The summed E-state index contributed by atoms with van der Waals surface area (Å²) in [5.41, 5.74) is 1.86. The van der Waals surface area contributed by atoms with Crippen LogP contribution >= 0.6 is 23.4 Å². The summed E-state index contributed by atoms with van der Waals surface area (Å²) in [4.78, 5) is 28.3. The van der Waals surface area contributed by atoms with Gasteiger partial charge in [-0.1, -0.05) is 29.8 Å². The largest absolute Gasteiger partial charge is 0.493 e. The second kappa shape index (κ2) is 12.7. The molecular weight excluding hydrogens is 623 g/mol. The summed E-state index contributed by atoms with van der Waals surface area (Å²) in [6.45, 7) is 0. The third-order valence-electron chi connectivity index (χ3n) is 6.85. The van der Waals surface area contributed by atoms with Gasteiger partial charge in [-0.05, 0) is 47.9 Å². The lowest BCUT2D eigenvalue weighted by Crippen LogP contribution is -2.18. The smallest absolute Gasteiger partial charge is 0.452 e. The highest BCUT2D eigenvalue weighted by Gasteiger charge is 2.43. The molecule has 0 saturated carbocycles. The molecule has 44 heavy (non-hydrogen) atoms. The van der Waals surface area contributed by atoms with Gasteiger partial charge in [0.25, 0.3) is 0 Å². The van der Waals surface area contributed by atoms with Gasteiger partial charge in [-0.2, -0.15) is 13.2 Å². The number of nitrogens with zero attached hydrogens (tertiary/aromatic N) is 4. The third-order valence-corrected chi connectivity index (χ3v) is 8.57. The zero-order valence-electron chi connectivity index (χ0n) is 23.3. The Hall–Kier alpha value is -4.30. The number of halogens is 4. The van der Waals surface area contributed by atoms with Crippen molar-refractivity contribution in [3.05, 3.63) is 88.1 Å². The van der Waals surface area contributed by atoms with Gasteiger partial charge in [0.05, 0.1) is 30.4 Å². The summed E-state index contributed by atoms with van der Waals surface area (Å²) < 4.78 is 54.8. The van der Waals surface area contributed by atoms with Gasteiger partial charge in [-0.3, -0.25) is 14.2 Å². The number of carbonyl (C=O) groups excluding carboxylic acids is 1. The fourth-order valence-electron chi connectivity index (χ4n) is 4.92. The molecular formula is C29H25ClF3N5O5S. The van der Waals surface area contributed by atoms with E-state index in [1.54, 1.807) is 30.3 Å². The molecule has 10 nitrogen and oxygen atoms in total. The predicted molar refractivity (Wildman–Crippen MR) is 157 cm³/mol. The van der Waals surface area contributed by atoms with Crippen LogP contribution < -0.4 is 14.8 Å². The van der Waals surface area contributed by atoms with E-state index in [9.17, 15) is 22.8 Å². The van der Waals surface area contributed by atoms with Gasteiger partial charge in [0.15, 0.2) is 17.3 Å². The van der Waals surface area contributed by atoms with Crippen LogP contribution in [0.15, 0.2) is 54.7 Å². The zero-order valence-corrected chi connectivity index (χ0v) is 24.8. The predicted octanol–water partition coefficient (Wildman–Crippen LogP) is 6.28. The van der Waals surface area contributed by atoms with Crippen molar-refractivity contribution >= 4 is 41.1 Å². The van der Waals surface area contributed by atoms with E-state index in [-0.39, 0.29) is 36.6 Å². The number of methoxy groups -OCH3 is 2. The van der Waals surface area contributed by atoms with Crippen LogP contribution in [0.1, 0.15) is 51.7 Å². The normalized spacial score (nSPS) is 16.0. The first-order valence-corrected chi connectivity index (χ1v) is 14.5. The van der Waals surface area contributed by atoms with Crippen molar-refractivity contribution in [2.75, 3.05) is 19.5 Å². The molecule has 0 aliphatic carbocycles. The zero-order chi connectivity index (χ0) is 31.6. The van der Waals surface area contributed by atoms with E-state index in [2.05, 4.69) is 20.5 Å². The number of hydrogen-bond donors (Lipinski definition) is 2. The fourth-order valence-corrected chi connectivity index (χ4v) is 6.62. The molecule has 0 spiro atoms. The molecule has 0 radical (unpaired) electrons. The number of carbonyl (C=O) groups is 2. The quantitative estimate of drug-likeness (QED) is 0.216. The molecule has 1 amide bonds. The van der Waals surface area contributed by atoms with Crippen LogP contribution in [0.4, 0.5) is 19.0 Å². The highest BCUT2D eigenvalue weighted by molar-refractivity contribution is 8.00. The third kappa shape index (κ3) is 6.45.